The quantitative estimate of drug-likeness (QED) is 0.0260. The van der Waals surface area contributed by atoms with Crippen molar-refractivity contribution < 1.29 is 38.2 Å². The smallest absolute Gasteiger partial charge is 0.306 e. The topological polar surface area (TPSA) is 102 Å². The van der Waals surface area contributed by atoms with Gasteiger partial charge in [0.25, 0.3) is 0 Å². The maximum Gasteiger partial charge on any atom is 0.306 e. The highest BCUT2D eigenvalue weighted by Gasteiger charge is 2.25. The van der Waals surface area contributed by atoms with Crippen molar-refractivity contribution in [2.45, 2.75) is 199 Å². The summed E-state index contributed by atoms with van der Waals surface area (Å²) in [7, 11) is 5.39. The van der Waals surface area contributed by atoms with Crippen LogP contribution >= 0.6 is 0 Å². The van der Waals surface area contributed by atoms with Crippen molar-refractivity contribution in [1.29, 1.82) is 0 Å². The molecule has 0 bridgehead atoms. The second-order valence-corrected chi connectivity index (χ2v) is 17.5. The van der Waals surface area contributed by atoms with Crippen LogP contribution in [-0.4, -0.2) is 75.5 Å². The van der Waals surface area contributed by atoms with E-state index in [1.54, 1.807) is 21.1 Å². The van der Waals surface area contributed by atoms with E-state index in [1.165, 1.54) is 89.9 Å². The minimum absolute atomic E-state index is 0.0245. The SMILES string of the molecule is CCC/C=C/C=C/C=C/C=C/C=C/CCCCCCCC(=O)OC(COCCC(C(=O)[O-])[N+](C)(C)C)COC(=O)CCCCCCCCCCCC/C=C/C=C/CCCCCC. The molecule has 0 aliphatic carbocycles. The van der Waals surface area contributed by atoms with Crippen LogP contribution in [-0.2, 0) is 28.6 Å². The highest BCUT2D eigenvalue weighted by atomic mass is 16.6. The van der Waals surface area contributed by atoms with Crippen molar-refractivity contribution in [2.24, 2.45) is 0 Å². The Morgan fingerprint density at radius 1 is 0.484 bits per heavy atom. The molecule has 0 saturated heterocycles. The van der Waals surface area contributed by atoms with E-state index >= 15 is 0 Å². The van der Waals surface area contributed by atoms with Crippen LogP contribution in [0.15, 0.2) is 85.1 Å². The van der Waals surface area contributed by atoms with Crippen LogP contribution in [0.5, 0.6) is 0 Å². The predicted molar refractivity (Wildman–Crippen MR) is 258 cm³/mol. The van der Waals surface area contributed by atoms with Crippen LogP contribution in [0.3, 0.4) is 0 Å². The van der Waals surface area contributed by atoms with Crippen LogP contribution < -0.4 is 5.11 Å². The van der Waals surface area contributed by atoms with E-state index in [2.05, 4.69) is 62.5 Å². The van der Waals surface area contributed by atoms with Gasteiger partial charge in [-0.05, 0) is 57.8 Å². The summed E-state index contributed by atoms with van der Waals surface area (Å²) >= 11 is 0. The lowest BCUT2D eigenvalue weighted by Gasteiger charge is -2.34. The number of carboxylic acid groups (broad SMARTS) is 1. The van der Waals surface area contributed by atoms with Crippen molar-refractivity contribution in [3.05, 3.63) is 85.1 Å². The molecule has 8 heteroatoms. The Hall–Kier alpha value is -3.49. The van der Waals surface area contributed by atoms with Crippen LogP contribution in [0, 0.1) is 0 Å². The van der Waals surface area contributed by atoms with Crippen molar-refractivity contribution in [3.63, 3.8) is 0 Å². The van der Waals surface area contributed by atoms with Gasteiger partial charge in [0.05, 0.1) is 40.3 Å². The van der Waals surface area contributed by atoms with Crippen molar-refractivity contribution in [2.75, 3.05) is 41.0 Å². The molecular formula is C54H91NO7. The number of allylic oxidation sites excluding steroid dienone is 14. The number of rotatable bonds is 43. The number of unbranched alkanes of at least 4 members (excludes halogenated alkanes) is 20. The third kappa shape index (κ3) is 41.8. The van der Waals surface area contributed by atoms with Gasteiger partial charge in [0.1, 0.15) is 12.6 Å². The molecule has 0 fully saturated rings. The summed E-state index contributed by atoms with van der Waals surface area (Å²) in [6, 6.07) is -0.736. The molecule has 8 nitrogen and oxygen atoms in total. The zero-order valence-corrected chi connectivity index (χ0v) is 40.3. The number of carboxylic acids is 1. The number of carbonyl (C=O) groups is 3. The second kappa shape index (κ2) is 44.1. The van der Waals surface area contributed by atoms with Gasteiger partial charge in [-0.1, -0.05) is 195 Å². The summed E-state index contributed by atoms with van der Waals surface area (Å²) in [5.41, 5.74) is 0. The van der Waals surface area contributed by atoms with Crippen molar-refractivity contribution in [3.8, 4) is 0 Å². The number of ether oxygens (including phenoxy) is 3. The number of hydrogen-bond donors (Lipinski definition) is 0. The molecule has 0 amide bonds. The molecule has 0 radical (unpaired) electrons. The highest BCUT2D eigenvalue weighted by Crippen LogP contribution is 2.14. The number of quaternary nitrogens is 1. The summed E-state index contributed by atoms with van der Waals surface area (Å²) < 4.78 is 17.2. The van der Waals surface area contributed by atoms with E-state index in [9.17, 15) is 19.5 Å². The Morgan fingerprint density at radius 3 is 1.34 bits per heavy atom. The van der Waals surface area contributed by atoms with Crippen LogP contribution in [0.25, 0.3) is 0 Å². The van der Waals surface area contributed by atoms with Crippen LogP contribution in [0.2, 0.25) is 0 Å². The predicted octanol–water partition coefficient (Wildman–Crippen LogP) is 12.7. The van der Waals surface area contributed by atoms with Gasteiger partial charge in [-0.3, -0.25) is 9.59 Å². The number of likely N-dealkylation sites (N-methyl/N-ethyl adjacent to an activating group) is 1. The highest BCUT2D eigenvalue weighted by molar-refractivity contribution is 5.70. The number of carbonyl (C=O) groups excluding carboxylic acids is 3. The minimum atomic E-state index is -1.13. The Bertz CT molecular complexity index is 1290. The Kier molecular flexibility index (Phi) is 41.6. The summed E-state index contributed by atoms with van der Waals surface area (Å²) in [6.07, 6.45) is 57.4. The molecule has 62 heavy (non-hydrogen) atoms. The summed E-state index contributed by atoms with van der Waals surface area (Å²) in [5.74, 6) is -1.78. The Morgan fingerprint density at radius 2 is 0.887 bits per heavy atom. The molecule has 0 saturated carbocycles. The second-order valence-electron chi connectivity index (χ2n) is 17.5. The zero-order valence-electron chi connectivity index (χ0n) is 40.3. The molecule has 0 aliphatic heterocycles. The normalized spacial score (nSPS) is 13.6. The van der Waals surface area contributed by atoms with Gasteiger partial charge in [0, 0.05) is 19.3 Å². The zero-order chi connectivity index (χ0) is 45.6. The Balaban J connectivity index is 4.34. The van der Waals surface area contributed by atoms with Crippen LogP contribution in [0.1, 0.15) is 187 Å². The fraction of sp³-hybridized carbons (Fsp3) is 0.685. The van der Waals surface area contributed by atoms with E-state index in [1.807, 2.05) is 36.5 Å². The molecule has 0 aromatic carbocycles. The van der Waals surface area contributed by atoms with Crippen molar-refractivity contribution >= 4 is 17.9 Å². The van der Waals surface area contributed by atoms with E-state index in [0.717, 1.165) is 64.2 Å². The van der Waals surface area contributed by atoms with E-state index in [0.29, 0.717) is 6.42 Å². The van der Waals surface area contributed by atoms with Gasteiger partial charge in [-0.25, -0.2) is 0 Å². The van der Waals surface area contributed by atoms with Crippen molar-refractivity contribution in [1.82, 2.24) is 0 Å². The van der Waals surface area contributed by atoms with Gasteiger partial charge in [0.2, 0.25) is 0 Å². The molecule has 2 unspecified atom stereocenters. The molecule has 0 aliphatic rings. The molecule has 2 atom stereocenters. The maximum absolute atomic E-state index is 12.8. The summed E-state index contributed by atoms with van der Waals surface area (Å²) in [5, 5.41) is 11.7. The molecule has 0 aromatic heterocycles. The lowest BCUT2D eigenvalue weighted by molar-refractivity contribution is -0.889. The summed E-state index contributed by atoms with van der Waals surface area (Å²) in [6.45, 7) is 4.52. The molecule has 0 heterocycles. The average molecular weight is 866 g/mol. The lowest BCUT2D eigenvalue weighted by atomic mass is 10.1. The minimum Gasteiger partial charge on any atom is -0.544 e. The number of nitrogens with zero attached hydrogens (tertiary/aromatic N) is 1. The molecule has 0 rings (SSSR count). The maximum atomic E-state index is 12.8. The molecule has 0 N–H and O–H groups in total. The summed E-state index contributed by atoms with van der Waals surface area (Å²) in [4.78, 5) is 37.0. The van der Waals surface area contributed by atoms with Gasteiger partial charge < -0.3 is 28.6 Å². The standard InChI is InChI=1S/C54H91NO7/c1-6-8-10-12-14-16-18-20-22-24-26-27-29-30-32-34-36-38-40-42-44-52(56)61-49-50(48-60-47-46-51(54(58)59)55(3,4)5)62-53(57)45-43-41-39-37-35-33-31-28-25-23-21-19-17-15-13-11-9-7-2/h11,13,15-23,25,28,31,50-51H,6-10,12,14,24,26-27,29-30,32-49H2,1-5H3/b13-11+,17-15+,18-16+,21-19+,22-20+,25-23+,31-28+. The Labute approximate surface area is 380 Å². The first-order chi connectivity index (χ1) is 30.1. The third-order valence-electron chi connectivity index (χ3n) is 10.6. The first-order valence-corrected chi connectivity index (χ1v) is 24.7. The monoisotopic (exact) mass is 866 g/mol. The first kappa shape index (κ1) is 58.5. The van der Waals surface area contributed by atoms with Gasteiger partial charge >= 0.3 is 11.9 Å². The fourth-order valence-electron chi connectivity index (χ4n) is 6.80. The van der Waals surface area contributed by atoms with Gasteiger partial charge in [-0.2, -0.15) is 0 Å². The molecule has 0 spiro atoms. The van der Waals surface area contributed by atoms with E-state index in [4.69, 9.17) is 14.2 Å². The number of esters is 2. The van der Waals surface area contributed by atoms with E-state index < -0.39 is 18.1 Å². The molecule has 0 aromatic rings. The fourth-order valence-corrected chi connectivity index (χ4v) is 6.80. The van der Waals surface area contributed by atoms with E-state index in [-0.39, 0.29) is 49.1 Å². The third-order valence-corrected chi connectivity index (χ3v) is 10.6. The molecule has 354 valence electrons. The van der Waals surface area contributed by atoms with Gasteiger partial charge in [-0.15, -0.1) is 0 Å². The first-order valence-electron chi connectivity index (χ1n) is 24.7. The number of aliphatic carboxylic acids is 1. The van der Waals surface area contributed by atoms with Crippen LogP contribution in [0.4, 0.5) is 0 Å². The largest absolute Gasteiger partial charge is 0.544 e. The lowest BCUT2D eigenvalue weighted by Crippen LogP contribution is -2.55. The van der Waals surface area contributed by atoms with Gasteiger partial charge in [0.15, 0.2) is 6.10 Å². The molecular weight excluding hydrogens is 775 g/mol. The number of hydrogen-bond acceptors (Lipinski definition) is 7. The average Bonchev–Trinajstić information content (AvgIpc) is 3.23.